The van der Waals surface area contributed by atoms with Crippen molar-refractivity contribution >= 4 is 28.6 Å². The molecule has 1 N–H and O–H groups in total. The van der Waals surface area contributed by atoms with Crippen LogP contribution in [0.1, 0.15) is 37.4 Å². The quantitative estimate of drug-likeness (QED) is 0.134. The van der Waals surface area contributed by atoms with Crippen LogP contribution in [0.3, 0.4) is 0 Å². The van der Waals surface area contributed by atoms with Crippen molar-refractivity contribution in [3.8, 4) is 22.8 Å². The summed E-state index contributed by atoms with van der Waals surface area (Å²) in [4.78, 5) is 15.3. The number of aromatic nitrogens is 3. The van der Waals surface area contributed by atoms with E-state index in [0.717, 1.165) is 5.39 Å². The number of carbonyl (C=O) groups is 1. The van der Waals surface area contributed by atoms with E-state index in [9.17, 15) is 13.6 Å². The fourth-order valence-electron chi connectivity index (χ4n) is 4.73. The Hall–Kier alpha value is -4.18. The van der Waals surface area contributed by atoms with Gasteiger partial charge in [0.25, 0.3) is 0 Å². The Labute approximate surface area is 239 Å². The number of H-pyrrole nitrogens is 1. The number of rotatable bonds is 10. The summed E-state index contributed by atoms with van der Waals surface area (Å²) in [5, 5.41) is 5.34. The average molecular weight is 580 g/mol. The molecule has 1 atom stereocenters. The Morgan fingerprint density at radius 1 is 1.10 bits per heavy atom. The van der Waals surface area contributed by atoms with Gasteiger partial charge >= 0.3 is 5.97 Å². The number of benzene rings is 3. The summed E-state index contributed by atoms with van der Waals surface area (Å²) in [6.45, 7) is 3.78. The van der Waals surface area contributed by atoms with Gasteiger partial charge in [-0.2, -0.15) is 5.10 Å². The van der Waals surface area contributed by atoms with Gasteiger partial charge < -0.3 is 14.5 Å². The summed E-state index contributed by atoms with van der Waals surface area (Å²) in [5.41, 5.74) is 1.91. The topological polar surface area (TPSA) is 69.1 Å². The molecule has 0 fully saturated rings. The van der Waals surface area contributed by atoms with Gasteiger partial charge in [-0.25, -0.2) is 13.2 Å². The average Bonchev–Trinajstić information content (AvgIpc) is 3.64. The lowest BCUT2D eigenvalue weighted by Gasteiger charge is -2.16. The number of carbonyl (C=O) groups excluding carboxylic acids is 1. The second-order valence-corrected chi connectivity index (χ2v) is 10.2. The molecule has 0 aliphatic heterocycles. The van der Waals surface area contributed by atoms with Crippen LogP contribution in [0.15, 0.2) is 71.9 Å². The second-order valence-electron chi connectivity index (χ2n) is 9.39. The van der Waals surface area contributed by atoms with Gasteiger partial charge in [-0.3, -0.25) is 9.48 Å². The van der Waals surface area contributed by atoms with Crippen molar-refractivity contribution in [3.63, 3.8) is 0 Å². The van der Waals surface area contributed by atoms with Crippen molar-refractivity contribution in [2.24, 2.45) is 0 Å². The molecule has 1 unspecified atom stereocenters. The molecule has 0 aliphatic carbocycles. The molecule has 0 saturated carbocycles. The number of aromatic amines is 1. The van der Waals surface area contributed by atoms with E-state index in [0.29, 0.717) is 27.2 Å². The van der Waals surface area contributed by atoms with E-state index in [1.165, 1.54) is 36.0 Å². The third-order valence-corrected chi connectivity index (χ3v) is 7.64. The highest BCUT2D eigenvalue weighted by Gasteiger charge is 2.20. The number of nitrogens with zero attached hydrogens (tertiary/aromatic N) is 2. The van der Waals surface area contributed by atoms with Crippen molar-refractivity contribution in [1.29, 1.82) is 0 Å². The molecule has 5 rings (SSSR count). The summed E-state index contributed by atoms with van der Waals surface area (Å²) in [7, 11) is 0. The fourth-order valence-corrected chi connectivity index (χ4v) is 5.45. The Balaban J connectivity index is 1.40. The van der Waals surface area contributed by atoms with Crippen LogP contribution in [0, 0.1) is 17.5 Å². The van der Waals surface area contributed by atoms with E-state index in [4.69, 9.17) is 9.47 Å². The van der Waals surface area contributed by atoms with Crippen LogP contribution in [-0.2, 0) is 16.0 Å². The highest BCUT2D eigenvalue weighted by molar-refractivity contribution is 7.99. The maximum Gasteiger partial charge on any atom is 0.306 e. The van der Waals surface area contributed by atoms with Crippen LogP contribution in [0.25, 0.3) is 22.2 Å². The van der Waals surface area contributed by atoms with Gasteiger partial charge in [0.1, 0.15) is 17.4 Å². The second kappa shape index (κ2) is 12.1. The highest BCUT2D eigenvalue weighted by Crippen LogP contribution is 2.40. The predicted molar refractivity (Wildman–Crippen MR) is 153 cm³/mol. The molecule has 6 nitrogen and oxygen atoms in total. The van der Waals surface area contributed by atoms with Crippen LogP contribution in [0.2, 0.25) is 0 Å². The predicted octanol–water partition coefficient (Wildman–Crippen LogP) is 8.07. The van der Waals surface area contributed by atoms with E-state index in [2.05, 4.69) is 10.1 Å². The van der Waals surface area contributed by atoms with Crippen molar-refractivity contribution < 1.29 is 27.4 Å². The monoisotopic (exact) mass is 579 g/mol. The first-order valence-corrected chi connectivity index (χ1v) is 14.3. The Morgan fingerprint density at radius 2 is 1.93 bits per heavy atom. The molecular formula is C31H28F3N3O3S. The lowest BCUT2D eigenvalue weighted by atomic mass is 10.0. The standard InChI is InChI=1S/C31H28F3N3O3S/c1-4-39-28(38)11-8-19-6-5-7-21(29(19)34)18(2)37-15-13-26(36-37)23-16-20(9-10-24(23)32)40-30-25(33)17-27-22(12-14-35-27)31(30)41-3/h5-7,9-10,12-18,35H,4,8,11H2,1-3H3. The molecule has 10 heteroatoms. The van der Waals surface area contributed by atoms with E-state index in [1.807, 2.05) is 12.3 Å². The highest BCUT2D eigenvalue weighted by atomic mass is 32.2. The first kappa shape index (κ1) is 28.4. The number of halogens is 3. The molecule has 2 heterocycles. The number of thioether (sulfide) groups is 1. The molecule has 41 heavy (non-hydrogen) atoms. The van der Waals surface area contributed by atoms with Crippen molar-refractivity contribution in [3.05, 3.63) is 95.6 Å². The van der Waals surface area contributed by atoms with Gasteiger partial charge in [0, 0.05) is 46.9 Å². The van der Waals surface area contributed by atoms with Gasteiger partial charge in [-0.05, 0) is 62.4 Å². The lowest BCUT2D eigenvalue weighted by Crippen LogP contribution is -2.12. The van der Waals surface area contributed by atoms with E-state index in [1.54, 1.807) is 55.2 Å². The summed E-state index contributed by atoms with van der Waals surface area (Å²) < 4.78 is 57.7. The lowest BCUT2D eigenvalue weighted by molar-refractivity contribution is -0.143. The maximum absolute atomic E-state index is 15.4. The minimum atomic E-state index is -0.542. The molecule has 212 valence electrons. The number of esters is 1. The third-order valence-electron chi connectivity index (χ3n) is 6.82. The number of hydrogen-bond acceptors (Lipinski definition) is 5. The van der Waals surface area contributed by atoms with E-state index < -0.39 is 23.5 Å². The van der Waals surface area contributed by atoms with Crippen molar-refractivity contribution in [2.75, 3.05) is 12.9 Å². The van der Waals surface area contributed by atoms with Gasteiger partial charge in [-0.1, -0.05) is 18.2 Å². The molecule has 0 bridgehead atoms. The van der Waals surface area contributed by atoms with E-state index >= 15 is 4.39 Å². The zero-order chi connectivity index (χ0) is 29.1. The molecular weight excluding hydrogens is 551 g/mol. The van der Waals surface area contributed by atoms with Gasteiger partial charge in [0.15, 0.2) is 11.6 Å². The number of nitrogens with one attached hydrogen (secondary N) is 1. The van der Waals surface area contributed by atoms with Crippen molar-refractivity contribution in [2.45, 2.75) is 37.6 Å². The summed E-state index contributed by atoms with van der Waals surface area (Å²) in [6.07, 6.45) is 5.49. The minimum absolute atomic E-state index is 0.0552. The van der Waals surface area contributed by atoms with Crippen LogP contribution in [-0.4, -0.2) is 33.6 Å². The van der Waals surface area contributed by atoms with E-state index in [-0.39, 0.29) is 42.5 Å². The zero-order valence-corrected chi connectivity index (χ0v) is 23.5. The zero-order valence-electron chi connectivity index (χ0n) is 22.7. The SMILES string of the molecule is CCOC(=O)CCc1cccc(C(C)n2ccc(-c3cc(Oc4c(F)cc5[nH]ccc5c4SC)ccc3F)n2)c1F. The number of ether oxygens (including phenoxy) is 2. The minimum Gasteiger partial charge on any atom is -0.466 e. The normalized spacial score (nSPS) is 12.0. The molecule has 2 aromatic heterocycles. The molecule has 0 radical (unpaired) electrons. The number of hydrogen-bond donors (Lipinski definition) is 1. The maximum atomic E-state index is 15.4. The number of aryl methyl sites for hydroxylation is 1. The van der Waals surface area contributed by atoms with Gasteiger partial charge in [0.05, 0.1) is 23.2 Å². The van der Waals surface area contributed by atoms with Crippen LogP contribution < -0.4 is 4.74 Å². The van der Waals surface area contributed by atoms with Crippen LogP contribution >= 0.6 is 11.8 Å². The first-order chi connectivity index (χ1) is 19.8. The summed E-state index contributed by atoms with van der Waals surface area (Å²) in [6, 6.07) is 13.5. The molecule has 0 amide bonds. The Kier molecular flexibility index (Phi) is 8.39. The largest absolute Gasteiger partial charge is 0.466 e. The molecule has 0 aliphatic rings. The van der Waals surface area contributed by atoms with Crippen LogP contribution in [0.4, 0.5) is 13.2 Å². The molecule has 5 aromatic rings. The summed E-state index contributed by atoms with van der Waals surface area (Å²) >= 11 is 1.35. The first-order valence-electron chi connectivity index (χ1n) is 13.1. The molecule has 3 aromatic carbocycles. The number of fused-ring (bicyclic) bond motifs is 1. The molecule has 0 spiro atoms. The van der Waals surface area contributed by atoms with Gasteiger partial charge in [-0.15, -0.1) is 11.8 Å². The Bertz CT molecular complexity index is 1720. The van der Waals surface area contributed by atoms with Crippen molar-refractivity contribution in [1.82, 2.24) is 14.8 Å². The van der Waals surface area contributed by atoms with Crippen LogP contribution in [0.5, 0.6) is 11.5 Å². The smallest absolute Gasteiger partial charge is 0.306 e. The summed E-state index contributed by atoms with van der Waals surface area (Å²) in [5.74, 6) is -1.58. The van der Waals surface area contributed by atoms with Gasteiger partial charge in [0.2, 0.25) is 0 Å². The Morgan fingerprint density at radius 3 is 2.71 bits per heavy atom. The third kappa shape index (κ3) is 5.83. The molecule has 0 saturated heterocycles. The fraction of sp³-hybridized carbons (Fsp3) is 0.226.